The quantitative estimate of drug-likeness (QED) is 0.772. The maximum absolute atomic E-state index is 10.0. The number of nitrogens with one attached hydrogen (secondary N) is 1. The first-order valence-corrected chi connectivity index (χ1v) is 7.86. The summed E-state index contributed by atoms with van der Waals surface area (Å²) in [6.45, 7) is 5.83. The van der Waals surface area contributed by atoms with E-state index in [0.29, 0.717) is 13.2 Å². The minimum Gasteiger partial charge on any atom is -0.389 e. The van der Waals surface area contributed by atoms with Crippen molar-refractivity contribution in [1.82, 2.24) is 5.32 Å². The maximum atomic E-state index is 10.0. The Morgan fingerprint density at radius 3 is 2.76 bits per heavy atom. The van der Waals surface area contributed by atoms with Crippen LogP contribution in [0.25, 0.3) is 0 Å². The molecule has 0 spiro atoms. The Hall–Kier alpha value is -0.940. The SMILES string of the molecule is CC(OCC(O)CNC(C)C1CCCO1)c1ccccc1. The molecule has 4 heteroatoms. The molecule has 1 saturated heterocycles. The number of ether oxygens (including phenoxy) is 2. The summed E-state index contributed by atoms with van der Waals surface area (Å²) < 4.78 is 11.4. The average Bonchev–Trinajstić information content (AvgIpc) is 3.05. The molecule has 0 bridgehead atoms. The fourth-order valence-corrected chi connectivity index (χ4v) is 2.58. The molecule has 2 rings (SSSR count). The first kappa shape index (κ1) is 16.4. The van der Waals surface area contributed by atoms with Crippen molar-refractivity contribution < 1.29 is 14.6 Å². The maximum Gasteiger partial charge on any atom is 0.0898 e. The van der Waals surface area contributed by atoms with E-state index in [2.05, 4.69) is 12.2 Å². The van der Waals surface area contributed by atoms with Crippen LogP contribution in [0, 0.1) is 0 Å². The van der Waals surface area contributed by atoms with Gasteiger partial charge in [-0.15, -0.1) is 0 Å². The summed E-state index contributed by atoms with van der Waals surface area (Å²) in [5.74, 6) is 0. The van der Waals surface area contributed by atoms with Gasteiger partial charge in [0.15, 0.2) is 0 Å². The molecule has 4 nitrogen and oxygen atoms in total. The number of rotatable bonds is 8. The molecule has 1 aromatic carbocycles. The molecule has 0 saturated carbocycles. The topological polar surface area (TPSA) is 50.7 Å². The van der Waals surface area contributed by atoms with E-state index in [4.69, 9.17) is 9.47 Å². The lowest BCUT2D eigenvalue weighted by Crippen LogP contribution is -2.42. The van der Waals surface area contributed by atoms with Crippen LogP contribution < -0.4 is 5.32 Å². The van der Waals surface area contributed by atoms with E-state index < -0.39 is 6.10 Å². The first-order valence-electron chi connectivity index (χ1n) is 7.86. The van der Waals surface area contributed by atoms with Crippen LogP contribution in [0.2, 0.25) is 0 Å². The molecule has 4 unspecified atom stereocenters. The summed E-state index contributed by atoms with van der Waals surface area (Å²) in [6, 6.07) is 10.3. The van der Waals surface area contributed by atoms with E-state index >= 15 is 0 Å². The average molecular weight is 293 g/mol. The molecule has 21 heavy (non-hydrogen) atoms. The van der Waals surface area contributed by atoms with Crippen LogP contribution in [0.3, 0.4) is 0 Å². The Balaban J connectivity index is 1.64. The summed E-state index contributed by atoms with van der Waals surface area (Å²) in [7, 11) is 0. The Bertz CT molecular complexity index is 392. The van der Waals surface area contributed by atoms with E-state index in [0.717, 1.165) is 25.0 Å². The number of hydrogen-bond donors (Lipinski definition) is 2. The van der Waals surface area contributed by atoms with Crippen molar-refractivity contribution in [3.05, 3.63) is 35.9 Å². The summed E-state index contributed by atoms with van der Waals surface area (Å²) >= 11 is 0. The molecule has 4 atom stereocenters. The molecule has 2 N–H and O–H groups in total. The van der Waals surface area contributed by atoms with Gasteiger partial charge in [0, 0.05) is 19.2 Å². The Morgan fingerprint density at radius 2 is 2.10 bits per heavy atom. The number of aliphatic hydroxyl groups is 1. The molecule has 1 aliphatic heterocycles. The molecule has 1 aromatic rings. The molecule has 1 fully saturated rings. The van der Waals surface area contributed by atoms with Crippen molar-refractivity contribution >= 4 is 0 Å². The third-order valence-electron chi connectivity index (χ3n) is 4.01. The lowest BCUT2D eigenvalue weighted by molar-refractivity contribution is -0.00535. The Morgan fingerprint density at radius 1 is 1.33 bits per heavy atom. The fourth-order valence-electron chi connectivity index (χ4n) is 2.58. The normalized spacial score (nSPS) is 22.9. The van der Waals surface area contributed by atoms with Crippen LogP contribution in [0.1, 0.15) is 38.4 Å². The van der Waals surface area contributed by atoms with E-state index in [9.17, 15) is 5.11 Å². The van der Waals surface area contributed by atoms with Crippen molar-refractivity contribution in [3.8, 4) is 0 Å². The summed E-state index contributed by atoms with van der Waals surface area (Å²) in [5.41, 5.74) is 1.13. The molecule has 0 amide bonds. The molecular formula is C17H27NO3. The molecule has 0 aromatic heterocycles. The number of aliphatic hydroxyl groups excluding tert-OH is 1. The van der Waals surface area contributed by atoms with E-state index in [-0.39, 0.29) is 18.2 Å². The van der Waals surface area contributed by atoms with Crippen molar-refractivity contribution in [1.29, 1.82) is 0 Å². The Labute approximate surface area is 127 Å². The smallest absolute Gasteiger partial charge is 0.0898 e. The molecule has 118 valence electrons. The van der Waals surface area contributed by atoms with Crippen molar-refractivity contribution in [3.63, 3.8) is 0 Å². The zero-order chi connectivity index (χ0) is 15.1. The van der Waals surface area contributed by atoms with Gasteiger partial charge in [0.2, 0.25) is 0 Å². The minimum absolute atomic E-state index is 0.00330. The van der Waals surface area contributed by atoms with Gasteiger partial charge in [0.1, 0.15) is 0 Å². The number of benzene rings is 1. The van der Waals surface area contributed by atoms with Crippen LogP contribution in [0.5, 0.6) is 0 Å². The molecule has 0 aliphatic carbocycles. The van der Waals surface area contributed by atoms with Crippen molar-refractivity contribution in [2.75, 3.05) is 19.8 Å². The van der Waals surface area contributed by atoms with E-state index in [1.807, 2.05) is 37.3 Å². The zero-order valence-corrected chi connectivity index (χ0v) is 13.0. The van der Waals surface area contributed by atoms with Gasteiger partial charge in [-0.05, 0) is 32.3 Å². The molecular weight excluding hydrogens is 266 g/mol. The molecule has 0 radical (unpaired) electrons. The third kappa shape index (κ3) is 5.40. The second-order valence-corrected chi connectivity index (χ2v) is 5.79. The van der Waals surface area contributed by atoms with Gasteiger partial charge >= 0.3 is 0 Å². The highest BCUT2D eigenvalue weighted by molar-refractivity contribution is 5.16. The van der Waals surface area contributed by atoms with Gasteiger partial charge in [0.25, 0.3) is 0 Å². The highest BCUT2D eigenvalue weighted by Gasteiger charge is 2.22. The monoisotopic (exact) mass is 293 g/mol. The number of hydrogen-bond acceptors (Lipinski definition) is 4. The molecule has 1 aliphatic rings. The predicted octanol–water partition coefficient (Wildman–Crippen LogP) is 2.28. The molecule has 1 heterocycles. The van der Waals surface area contributed by atoms with Crippen molar-refractivity contribution in [2.24, 2.45) is 0 Å². The van der Waals surface area contributed by atoms with Crippen molar-refractivity contribution in [2.45, 2.75) is 51.0 Å². The fraction of sp³-hybridized carbons (Fsp3) is 0.647. The van der Waals surface area contributed by atoms with E-state index in [1.165, 1.54) is 0 Å². The van der Waals surface area contributed by atoms with Crippen LogP contribution in [0.4, 0.5) is 0 Å². The largest absolute Gasteiger partial charge is 0.389 e. The highest BCUT2D eigenvalue weighted by atomic mass is 16.5. The first-order chi connectivity index (χ1) is 10.2. The van der Waals surface area contributed by atoms with Gasteiger partial charge in [0.05, 0.1) is 24.9 Å². The second-order valence-electron chi connectivity index (χ2n) is 5.79. The highest BCUT2D eigenvalue weighted by Crippen LogP contribution is 2.17. The van der Waals surface area contributed by atoms with Gasteiger partial charge in [-0.25, -0.2) is 0 Å². The zero-order valence-electron chi connectivity index (χ0n) is 13.0. The Kier molecular flexibility index (Phi) is 6.64. The van der Waals surface area contributed by atoms with Gasteiger partial charge in [-0.2, -0.15) is 0 Å². The van der Waals surface area contributed by atoms with Gasteiger partial charge in [-0.3, -0.25) is 0 Å². The lowest BCUT2D eigenvalue weighted by atomic mass is 10.1. The third-order valence-corrected chi connectivity index (χ3v) is 4.01. The predicted molar refractivity (Wildman–Crippen MR) is 83.3 cm³/mol. The summed E-state index contributed by atoms with van der Waals surface area (Å²) in [4.78, 5) is 0. The standard InChI is InChI=1S/C17H27NO3/c1-13(17-9-6-10-20-17)18-11-16(19)12-21-14(2)15-7-4-3-5-8-15/h3-5,7-8,13-14,16-19H,6,9-12H2,1-2H3. The van der Waals surface area contributed by atoms with Crippen LogP contribution in [-0.2, 0) is 9.47 Å². The summed E-state index contributed by atoms with van der Waals surface area (Å²) in [6.07, 6.45) is 2.01. The van der Waals surface area contributed by atoms with Crippen LogP contribution >= 0.6 is 0 Å². The second kappa shape index (κ2) is 8.49. The lowest BCUT2D eigenvalue weighted by Gasteiger charge is -2.22. The van der Waals surface area contributed by atoms with Crippen LogP contribution in [-0.4, -0.2) is 43.1 Å². The minimum atomic E-state index is -0.500. The van der Waals surface area contributed by atoms with Crippen LogP contribution in [0.15, 0.2) is 30.3 Å². The summed E-state index contributed by atoms with van der Waals surface area (Å²) in [5, 5.41) is 13.3. The van der Waals surface area contributed by atoms with E-state index in [1.54, 1.807) is 0 Å². The van der Waals surface area contributed by atoms with Gasteiger partial charge in [-0.1, -0.05) is 30.3 Å². The van der Waals surface area contributed by atoms with Gasteiger partial charge < -0.3 is 19.9 Å².